The predicted molar refractivity (Wildman–Crippen MR) is 126 cm³/mol. The normalized spacial score (nSPS) is 14.2. The molecule has 6 nitrogen and oxygen atoms in total. The van der Waals surface area contributed by atoms with Crippen LogP contribution in [0.15, 0.2) is 52.0 Å². The Hall–Kier alpha value is -3.09. The Morgan fingerprint density at radius 3 is 2.56 bits per heavy atom. The summed E-state index contributed by atoms with van der Waals surface area (Å²) in [6.45, 7) is 3.71. The summed E-state index contributed by atoms with van der Waals surface area (Å²) in [6.07, 6.45) is 2.17. The van der Waals surface area contributed by atoms with Crippen LogP contribution in [0.5, 0.6) is 0 Å². The molecule has 1 aliphatic carbocycles. The Morgan fingerprint density at radius 2 is 1.78 bits per heavy atom. The summed E-state index contributed by atoms with van der Waals surface area (Å²) in [4.78, 5) is 25.4. The van der Waals surface area contributed by atoms with Crippen LogP contribution in [0.3, 0.4) is 0 Å². The van der Waals surface area contributed by atoms with E-state index < -0.39 is 0 Å². The van der Waals surface area contributed by atoms with Crippen LogP contribution in [0, 0.1) is 13.8 Å². The van der Waals surface area contributed by atoms with E-state index >= 15 is 0 Å². The molecule has 0 fully saturated rings. The fourth-order valence-electron chi connectivity index (χ4n) is 3.72. The van der Waals surface area contributed by atoms with Gasteiger partial charge in [-0.05, 0) is 62.6 Å². The summed E-state index contributed by atoms with van der Waals surface area (Å²) in [6, 6.07) is 11.9. The third-order valence-electron chi connectivity index (χ3n) is 5.36. The Balaban J connectivity index is 1.58. The lowest BCUT2D eigenvalue weighted by molar-refractivity contribution is 0.0953. The number of aryl methyl sites for hydroxylation is 2. The molecule has 0 unspecified atom stereocenters. The van der Waals surface area contributed by atoms with Gasteiger partial charge in [-0.15, -0.1) is 0 Å². The number of benzene rings is 2. The largest absolute Gasteiger partial charge is 0.455 e. The zero-order valence-corrected chi connectivity index (χ0v) is 19.1. The third-order valence-corrected chi connectivity index (χ3v) is 5.83. The minimum atomic E-state index is -0.359. The maximum absolute atomic E-state index is 12.9. The molecule has 0 aliphatic heterocycles. The van der Waals surface area contributed by atoms with Crippen LogP contribution in [-0.2, 0) is 6.42 Å². The summed E-state index contributed by atoms with van der Waals surface area (Å²) in [5, 5.41) is 8.22. The highest BCUT2D eigenvalue weighted by molar-refractivity contribution is 6.31. The number of amides is 2. The van der Waals surface area contributed by atoms with Gasteiger partial charge >= 0.3 is 0 Å². The summed E-state index contributed by atoms with van der Waals surface area (Å²) < 4.78 is 5.92. The van der Waals surface area contributed by atoms with Crippen molar-refractivity contribution >= 4 is 46.4 Å². The molecular formula is C24H21Cl2N3O3. The van der Waals surface area contributed by atoms with Gasteiger partial charge in [0, 0.05) is 38.8 Å². The number of fused-ring (bicyclic) bond motifs is 1. The number of anilines is 1. The monoisotopic (exact) mass is 469 g/mol. The molecule has 0 saturated heterocycles. The molecule has 2 amide bonds. The highest BCUT2D eigenvalue weighted by Gasteiger charge is 2.28. The second kappa shape index (κ2) is 9.18. The van der Waals surface area contributed by atoms with Crippen LogP contribution >= 0.6 is 23.2 Å². The molecule has 1 aromatic heterocycles. The second-order valence-electron chi connectivity index (χ2n) is 7.63. The summed E-state index contributed by atoms with van der Waals surface area (Å²) in [7, 11) is 0. The van der Waals surface area contributed by atoms with Gasteiger partial charge in [0.05, 0.1) is 5.71 Å². The molecule has 2 N–H and O–H groups in total. The van der Waals surface area contributed by atoms with Crippen LogP contribution in [0.25, 0.3) is 0 Å². The van der Waals surface area contributed by atoms with E-state index in [-0.39, 0.29) is 17.6 Å². The molecule has 0 radical (unpaired) electrons. The molecule has 164 valence electrons. The molecule has 1 aliphatic rings. The number of nitrogens with one attached hydrogen (secondary N) is 2. The first-order valence-electron chi connectivity index (χ1n) is 10.2. The van der Waals surface area contributed by atoms with Gasteiger partial charge in [0.25, 0.3) is 11.8 Å². The number of hydrazone groups is 1. The first kappa shape index (κ1) is 22.1. The van der Waals surface area contributed by atoms with Crippen molar-refractivity contribution in [3.8, 4) is 0 Å². The number of carbonyl (C=O) groups excluding carboxylic acids is 2. The van der Waals surface area contributed by atoms with E-state index in [1.807, 2.05) is 19.9 Å². The topological polar surface area (TPSA) is 83.7 Å². The van der Waals surface area contributed by atoms with Crippen LogP contribution in [0.2, 0.25) is 10.0 Å². The minimum absolute atomic E-state index is 0.227. The van der Waals surface area contributed by atoms with Crippen molar-refractivity contribution in [3.63, 3.8) is 0 Å². The van der Waals surface area contributed by atoms with Crippen LogP contribution in [0.1, 0.15) is 56.2 Å². The molecular weight excluding hydrogens is 449 g/mol. The predicted octanol–water partition coefficient (Wildman–Crippen LogP) is 5.93. The molecule has 32 heavy (non-hydrogen) atoms. The fourth-order valence-corrected chi connectivity index (χ4v) is 4.08. The maximum atomic E-state index is 12.9. The average molecular weight is 470 g/mol. The van der Waals surface area contributed by atoms with Crippen molar-refractivity contribution in [3.05, 3.63) is 86.3 Å². The van der Waals surface area contributed by atoms with Crippen LogP contribution < -0.4 is 10.7 Å². The highest BCUT2D eigenvalue weighted by atomic mass is 35.5. The Kier molecular flexibility index (Phi) is 6.35. The smallest absolute Gasteiger partial charge is 0.291 e. The lowest BCUT2D eigenvalue weighted by atomic mass is 9.93. The van der Waals surface area contributed by atoms with E-state index in [0.29, 0.717) is 51.2 Å². The standard InChI is InChI=1S/C24H21Cl2N3O3/c1-13-9-10-17(26)12-19(13)27-24(31)22-14(2)21-18(7-4-8-20(21)32-22)28-29-23(30)15-5-3-6-16(25)11-15/h3,5-6,9-12H,4,7-8H2,1-2H3,(H,27,31)(H,29,30)/b28-18+. The maximum Gasteiger partial charge on any atom is 0.291 e. The zero-order valence-electron chi connectivity index (χ0n) is 17.6. The number of furan rings is 1. The molecule has 4 rings (SSSR count). The van der Waals surface area contributed by atoms with E-state index in [1.165, 1.54) is 0 Å². The summed E-state index contributed by atoms with van der Waals surface area (Å²) >= 11 is 12.0. The third kappa shape index (κ3) is 4.56. The van der Waals surface area contributed by atoms with Gasteiger partial charge in [-0.2, -0.15) is 5.10 Å². The molecule has 2 aromatic carbocycles. The van der Waals surface area contributed by atoms with Gasteiger partial charge in [-0.25, -0.2) is 5.43 Å². The quantitative estimate of drug-likeness (QED) is 0.464. The Morgan fingerprint density at radius 1 is 1.00 bits per heavy atom. The van der Waals surface area contributed by atoms with Crippen molar-refractivity contribution in [2.75, 3.05) is 5.32 Å². The van der Waals surface area contributed by atoms with Crippen molar-refractivity contribution in [1.29, 1.82) is 0 Å². The number of hydrogen-bond donors (Lipinski definition) is 2. The van der Waals surface area contributed by atoms with E-state index in [1.54, 1.807) is 36.4 Å². The molecule has 1 heterocycles. The van der Waals surface area contributed by atoms with Gasteiger partial charge in [-0.3, -0.25) is 9.59 Å². The Bertz CT molecular complexity index is 1250. The first-order chi connectivity index (χ1) is 15.3. The highest BCUT2D eigenvalue weighted by Crippen LogP contribution is 2.31. The van der Waals surface area contributed by atoms with E-state index in [4.69, 9.17) is 27.6 Å². The SMILES string of the molecule is Cc1ccc(Cl)cc1NC(=O)c1oc2c(c1C)/C(=N/NC(=O)c1cccc(Cl)c1)CCC2. The number of nitrogens with zero attached hydrogens (tertiary/aromatic N) is 1. The van der Waals surface area contributed by atoms with Crippen molar-refractivity contribution < 1.29 is 14.0 Å². The number of carbonyl (C=O) groups is 2. The van der Waals surface area contributed by atoms with Gasteiger partial charge in [0.1, 0.15) is 5.76 Å². The second-order valence-corrected chi connectivity index (χ2v) is 8.50. The molecule has 0 saturated carbocycles. The molecule has 0 atom stereocenters. The minimum Gasteiger partial charge on any atom is -0.455 e. The van der Waals surface area contributed by atoms with E-state index in [0.717, 1.165) is 17.5 Å². The van der Waals surface area contributed by atoms with Crippen LogP contribution in [0.4, 0.5) is 5.69 Å². The molecule has 8 heteroatoms. The van der Waals surface area contributed by atoms with Gasteiger partial charge in [0.15, 0.2) is 5.76 Å². The fraction of sp³-hybridized carbons (Fsp3) is 0.208. The van der Waals surface area contributed by atoms with E-state index in [9.17, 15) is 9.59 Å². The summed E-state index contributed by atoms with van der Waals surface area (Å²) in [5.41, 5.74) is 6.66. The number of rotatable bonds is 4. The lowest BCUT2D eigenvalue weighted by Crippen LogP contribution is -2.22. The average Bonchev–Trinajstić information content (AvgIpc) is 3.12. The Labute approximate surface area is 195 Å². The molecule has 0 bridgehead atoms. The first-order valence-corrected chi connectivity index (χ1v) is 10.9. The van der Waals surface area contributed by atoms with Crippen LogP contribution in [-0.4, -0.2) is 17.5 Å². The van der Waals surface area contributed by atoms with Gasteiger partial charge in [0.2, 0.25) is 0 Å². The molecule has 0 spiro atoms. The van der Waals surface area contributed by atoms with Crippen molar-refractivity contribution in [2.45, 2.75) is 33.1 Å². The van der Waals surface area contributed by atoms with Gasteiger partial charge in [-0.1, -0.05) is 35.3 Å². The van der Waals surface area contributed by atoms with E-state index in [2.05, 4.69) is 15.8 Å². The number of halogens is 2. The van der Waals surface area contributed by atoms with Crippen molar-refractivity contribution in [2.24, 2.45) is 5.10 Å². The zero-order chi connectivity index (χ0) is 22.8. The lowest BCUT2D eigenvalue weighted by Gasteiger charge is -2.13. The summed E-state index contributed by atoms with van der Waals surface area (Å²) in [5.74, 6) is 0.204. The van der Waals surface area contributed by atoms with Crippen molar-refractivity contribution in [1.82, 2.24) is 5.43 Å². The van der Waals surface area contributed by atoms with Gasteiger partial charge < -0.3 is 9.73 Å². The number of hydrogen-bond acceptors (Lipinski definition) is 4. The molecule has 3 aromatic rings.